The number of hydrogen-bond acceptors (Lipinski definition) is 1. The van der Waals surface area contributed by atoms with Gasteiger partial charge in [0.15, 0.2) is 0 Å². The van der Waals surface area contributed by atoms with E-state index in [9.17, 15) is 0 Å². The van der Waals surface area contributed by atoms with Crippen LogP contribution >= 0.6 is 7.92 Å². The highest BCUT2D eigenvalue weighted by molar-refractivity contribution is 7.59. The van der Waals surface area contributed by atoms with Crippen LogP contribution in [0.25, 0.3) is 0 Å². The normalized spacial score (nSPS) is 12.0. The van der Waals surface area contributed by atoms with Crippen molar-refractivity contribution in [3.8, 4) is 0 Å². The van der Waals surface area contributed by atoms with Gasteiger partial charge in [-0.3, -0.25) is 0 Å². The van der Waals surface area contributed by atoms with Crippen molar-refractivity contribution >= 4 is 7.92 Å². The molecule has 0 radical (unpaired) electrons. The highest BCUT2D eigenvalue weighted by Gasteiger charge is 2.14. The zero-order chi connectivity index (χ0) is 8.85. The van der Waals surface area contributed by atoms with E-state index in [1.54, 1.807) is 0 Å². The first-order valence-corrected chi connectivity index (χ1v) is 6.22. The molecule has 0 amide bonds. The van der Waals surface area contributed by atoms with Crippen molar-refractivity contribution in [3.05, 3.63) is 0 Å². The van der Waals surface area contributed by atoms with Crippen LogP contribution in [-0.4, -0.2) is 24.0 Å². The molecule has 0 aliphatic rings. The summed E-state index contributed by atoms with van der Waals surface area (Å²) in [5.41, 5.74) is 7.23. The Morgan fingerprint density at radius 2 is 1.55 bits per heavy atom. The molecule has 2 heteroatoms. The monoisotopic (exact) mass is 175 g/mol. The summed E-state index contributed by atoms with van der Waals surface area (Å²) in [5, 5.41) is 0. The Hall–Kier alpha value is 0.390. The molecule has 0 unspecified atom stereocenters. The zero-order valence-electron chi connectivity index (χ0n) is 8.30. The van der Waals surface area contributed by atoms with Crippen LogP contribution in [0, 0.1) is 0 Å². The van der Waals surface area contributed by atoms with E-state index >= 15 is 0 Å². The van der Waals surface area contributed by atoms with Gasteiger partial charge in [0.05, 0.1) is 0 Å². The summed E-state index contributed by atoms with van der Waals surface area (Å²) >= 11 is 0. The predicted octanol–water partition coefficient (Wildman–Crippen LogP) is 2.63. The summed E-state index contributed by atoms with van der Waals surface area (Å²) in [6.45, 7) is 10.2. The third-order valence-electron chi connectivity index (χ3n) is 1.95. The molecule has 0 spiro atoms. The summed E-state index contributed by atoms with van der Waals surface area (Å²) in [4.78, 5) is 0. The lowest BCUT2D eigenvalue weighted by atomic mass is 10.5. The van der Waals surface area contributed by atoms with E-state index in [1.165, 1.54) is 12.6 Å². The maximum Gasteiger partial charge on any atom is -0.00739 e. The third-order valence-corrected chi connectivity index (χ3v) is 5.43. The second kappa shape index (κ2) is 5.97. The highest BCUT2D eigenvalue weighted by Crippen LogP contribution is 2.45. The molecule has 0 rings (SSSR count). The number of nitrogens with two attached hydrogens (primary N) is 1. The lowest BCUT2D eigenvalue weighted by Gasteiger charge is -2.25. The van der Waals surface area contributed by atoms with Crippen LogP contribution in [0.3, 0.4) is 0 Å². The Bertz CT molecular complexity index is 83.6. The predicted molar refractivity (Wildman–Crippen MR) is 55.7 cm³/mol. The van der Waals surface area contributed by atoms with Crippen LogP contribution in [0.2, 0.25) is 0 Å². The summed E-state index contributed by atoms with van der Waals surface area (Å²) in [6, 6.07) is 0. The fraction of sp³-hybridized carbons (Fsp3) is 1.00. The van der Waals surface area contributed by atoms with Crippen LogP contribution < -0.4 is 5.73 Å². The maximum absolute atomic E-state index is 5.49. The van der Waals surface area contributed by atoms with Gasteiger partial charge in [-0.05, 0) is 30.4 Å². The van der Waals surface area contributed by atoms with Crippen molar-refractivity contribution in [2.45, 2.75) is 45.4 Å². The van der Waals surface area contributed by atoms with E-state index in [-0.39, 0.29) is 7.92 Å². The van der Waals surface area contributed by atoms with Crippen LogP contribution in [0.5, 0.6) is 0 Å². The molecule has 0 aliphatic heterocycles. The SMILES string of the molecule is CC(C)P(CCCN)C(C)C. The lowest BCUT2D eigenvalue weighted by Crippen LogP contribution is -2.09. The summed E-state index contributed by atoms with van der Waals surface area (Å²) in [5.74, 6) is 0. The molecule has 0 bridgehead atoms. The molecule has 0 atom stereocenters. The van der Waals surface area contributed by atoms with Gasteiger partial charge >= 0.3 is 0 Å². The van der Waals surface area contributed by atoms with E-state index in [0.29, 0.717) is 0 Å². The van der Waals surface area contributed by atoms with Crippen LogP contribution in [0.4, 0.5) is 0 Å². The lowest BCUT2D eigenvalue weighted by molar-refractivity contribution is 0.909. The second-order valence-corrected chi connectivity index (χ2v) is 7.11. The van der Waals surface area contributed by atoms with Gasteiger partial charge in [-0.15, -0.1) is 7.92 Å². The molecule has 1 nitrogen and oxygen atoms in total. The van der Waals surface area contributed by atoms with Crippen molar-refractivity contribution in [3.63, 3.8) is 0 Å². The minimum atomic E-state index is 0.235. The molecule has 0 saturated carbocycles. The molecule has 0 aromatic heterocycles. The molecule has 0 heterocycles. The molecule has 0 aromatic carbocycles. The Balaban J connectivity index is 3.70. The number of rotatable bonds is 5. The van der Waals surface area contributed by atoms with Crippen molar-refractivity contribution in [2.24, 2.45) is 5.73 Å². The van der Waals surface area contributed by atoms with Gasteiger partial charge in [0.2, 0.25) is 0 Å². The molecule has 68 valence electrons. The quantitative estimate of drug-likeness (QED) is 0.639. The minimum Gasteiger partial charge on any atom is -0.330 e. The molecule has 0 fully saturated rings. The molecule has 11 heavy (non-hydrogen) atoms. The maximum atomic E-state index is 5.49. The van der Waals surface area contributed by atoms with Crippen molar-refractivity contribution in [1.82, 2.24) is 0 Å². The molecule has 0 aliphatic carbocycles. The average molecular weight is 175 g/mol. The van der Waals surface area contributed by atoms with Gasteiger partial charge in [0.25, 0.3) is 0 Å². The topological polar surface area (TPSA) is 26.0 Å². The standard InChI is InChI=1S/C9H22NP/c1-8(2)11(9(3)4)7-5-6-10/h8-9H,5-7,10H2,1-4H3. The van der Waals surface area contributed by atoms with E-state index in [1.807, 2.05) is 0 Å². The summed E-state index contributed by atoms with van der Waals surface area (Å²) < 4.78 is 0. The molecule has 2 N–H and O–H groups in total. The Labute approximate surface area is 72.5 Å². The molecular formula is C9H22NP. The largest absolute Gasteiger partial charge is 0.330 e. The van der Waals surface area contributed by atoms with Crippen LogP contribution in [-0.2, 0) is 0 Å². The summed E-state index contributed by atoms with van der Waals surface area (Å²) in [7, 11) is 0.235. The average Bonchev–Trinajstić information content (AvgIpc) is 1.87. The third kappa shape index (κ3) is 4.76. The van der Waals surface area contributed by atoms with Crippen molar-refractivity contribution in [2.75, 3.05) is 12.7 Å². The first-order valence-electron chi connectivity index (χ1n) is 4.55. The fourth-order valence-electron chi connectivity index (χ4n) is 1.39. The highest BCUT2D eigenvalue weighted by atomic mass is 31.1. The van der Waals surface area contributed by atoms with Crippen molar-refractivity contribution < 1.29 is 0 Å². The smallest absolute Gasteiger partial charge is 0.00739 e. The molecular weight excluding hydrogens is 153 g/mol. The zero-order valence-corrected chi connectivity index (χ0v) is 9.20. The summed E-state index contributed by atoms with van der Waals surface area (Å²) in [6.07, 6.45) is 2.57. The fourth-order valence-corrected chi connectivity index (χ4v) is 4.16. The van der Waals surface area contributed by atoms with Gasteiger partial charge in [-0.25, -0.2) is 0 Å². The van der Waals surface area contributed by atoms with Gasteiger partial charge in [-0.1, -0.05) is 27.7 Å². The number of hydrogen-bond donors (Lipinski definition) is 1. The Morgan fingerprint density at radius 1 is 1.09 bits per heavy atom. The van der Waals surface area contributed by atoms with E-state index in [0.717, 1.165) is 17.9 Å². The first kappa shape index (κ1) is 11.4. The Kier molecular flexibility index (Phi) is 6.18. The van der Waals surface area contributed by atoms with Gasteiger partial charge in [-0.2, -0.15) is 0 Å². The van der Waals surface area contributed by atoms with E-state index in [2.05, 4.69) is 27.7 Å². The van der Waals surface area contributed by atoms with Crippen LogP contribution in [0.15, 0.2) is 0 Å². The minimum absolute atomic E-state index is 0.235. The van der Waals surface area contributed by atoms with E-state index in [4.69, 9.17) is 5.73 Å². The molecule has 0 saturated heterocycles. The van der Waals surface area contributed by atoms with Gasteiger partial charge in [0.1, 0.15) is 0 Å². The second-order valence-electron chi connectivity index (χ2n) is 3.57. The van der Waals surface area contributed by atoms with Crippen LogP contribution in [0.1, 0.15) is 34.1 Å². The van der Waals surface area contributed by atoms with Gasteiger partial charge < -0.3 is 5.73 Å². The first-order chi connectivity index (χ1) is 5.09. The van der Waals surface area contributed by atoms with Crippen molar-refractivity contribution in [1.29, 1.82) is 0 Å². The molecule has 0 aromatic rings. The van der Waals surface area contributed by atoms with Gasteiger partial charge in [0, 0.05) is 0 Å². The Morgan fingerprint density at radius 3 is 1.82 bits per heavy atom. The van der Waals surface area contributed by atoms with E-state index < -0.39 is 0 Å².